The number of ether oxygens (including phenoxy) is 2. The summed E-state index contributed by atoms with van der Waals surface area (Å²) in [7, 11) is 1.64. The maximum absolute atomic E-state index is 12.8. The van der Waals surface area contributed by atoms with Crippen molar-refractivity contribution < 1.29 is 14.3 Å². The Balaban J connectivity index is 1.26. The molecule has 3 heterocycles. The van der Waals surface area contributed by atoms with Gasteiger partial charge in [0.15, 0.2) is 0 Å². The zero-order chi connectivity index (χ0) is 20.8. The maximum atomic E-state index is 12.8. The van der Waals surface area contributed by atoms with Gasteiger partial charge in [0.1, 0.15) is 23.1 Å². The number of nitrogens with zero attached hydrogens (tertiary/aromatic N) is 4. The molecular formula is C23H32N4O3. The first-order chi connectivity index (χ1) is 14.7. The third kappa shape index (κ3) is 4.94. The van der Waals surface area contributed by atoms with Gasteiger partial charge < -0.3 is 18.9 Å². The number of likely N-dealkylation sites (tertiary alicyclic amines) is 1. The zero-order valence-corrected chi connectivity index (χ0v) is 17.9. The lowest BCUT2D eigenvalue weighted by molar-refractivity contribution is -0.132. The average molecular weight is 413 g/mol. The van der Waals surface area contributed by atoms with Crippen LogP contribution in [0.3, 0.4) is 0 Å². The van der Waals surface area contributed by atoms with Crippen molar-refractivity contribution in [3.63, 3.8) is 0 Å². The normalized spacial score (nSPS) is 19.1. The predicted octanol–water partition coefficient (Wildman–Crippen LogP) is 3.58. The fraction of sp³-hybridized carbons (Fsp3) is 0.609. The van der Waals surface area contributed by atoms with Gasteiger partial charge in [-0.25, -0.2) is 0 Å². The van der Waals surface area contributed by atoms with Gasteiger partial charge in [-0.15, -0.1) is 10.2 Å². The molecule has 1 saturated heterocycles. The molecule has 0 N–H and O–H groups in total. The van der Waals surface area contributed by atoms with Crippen molar-refractivity contribution in [3.8, 4) is 11.5 Å². The number of piperidine rings is 1. The second-order valence-electron chi connectivity index (χ2n) is 8.24. The fourth-order valence-corrected chi connectivity index (χ4v) is 4.47. The molecule has 0 saturated carbocycles. The SMILES string of the molecule is COc1ccc(OCCCC(=O)N2CCCC(c3nnc4n3CCCCC4)C2)cc1. The van der Waals surface area contributed by atoms with E-state index in [4.69, 9.17) is 9.47 Å². The molecule has 1 aromatic carbocycles. The number of fused-ring (bicyclic) bond motifs is 1. The Kier molecular flexibility index (Phi) is 6.87. The number of amides is 1. The molecule has 2 aromatic rings. The zero-order valence-electron chi connectivity index (χ0n) is 17.9. The molecule has 1 atom stereocenters. The Morgan fingerprint density at radius 1 is 1.07 bits per heavy atom. The van der Waals surface area contributed by atoms with Crippen LogP contribution >= 0.6 is 0 Å². The highest BCUT2D eigenvalue weighted by Gasteiger charge is 2.29. The van der Waals surface area contributed by atoms with Crippen LogP contribution in [0.4, 0.5) is 0 Å². The number of benzene rings is 1. The van der Waals surface area contributed by atoms with E-state index in [-0.39, 0.29) is 5.91 Å². The highest BCUT2D eigenvalue weighted by atomic mass is 16.5. The number of carbonyl (C=O) groups excluding carboxylic acids is 1. The number of carbonyl (C=O) groups is 1. The third-order valence-corrected chi connectivity index (χ3v) is 6.14. The molecule has 30 heavy (non-hydrogen) atoms. The van der Waals surface area contributed by atoms with Gasteiger partial charge in [-0.05, 0) is 56.4 Å². The minimum absolute atomic E-state index is 0.216. The Labute approximate surface area is 178 Å². The summed E-state index contributed by atoms with van der Waals surface area (Å²) in [5, 5.41) is 8.97. The molecule has 0 bridgehead atoms. The summed E-state index contributed by atoms with van der Waals surface area (Å²) >= 11 is 0. The van der Waals surface area contributed by atoms with Crippen LogP contribution in [0.2, 0.25) is 0 Å². The quantitative estimate of drug-likeness (QED) is 0.650. The number of hydrogen-bond donors (Lipinski definition) is 0. The first-order valence-electron chi connectivity index (χ1n) is 11.2. The minimum Gasteiger partial charge on any atom is -0.497 e. The van der Waals surface area contributed by atoms with Crippen LogP contribution in [0.1, 0.15) is 62.5 Å². The van der Waals surface area contributed by atoms with Crippen LogP contribution < -0.4 is 9.47 Å². The van der Waals surface area contributed by atoms with Crippen molar-refractivity contribution in [2.75, 3.05) is 26.8 Å². The molecule has 7 heteroatoms. The van der Waals surface area contributed by atoms with Crippen molar-refractivity contribution in [2.24, 2.45) is 0 Å². The summed E-state index contributed by atoms with van der Waals surface area (Å²) in [4.78, 5) is 14.8. The number of rotatable bonds is 7. The number of aromatic nitrogens is 3. The largest absolute Gasteiger partial charge is 0.497 e. The van der Waals surface area contributed by atoms with Crippen molar-refractivity contribution in [3.05, 3.63) is 35.9 Å². The molecule has 1 aromatic heterocycles. The molecule has 1 amide bonds. The first kappa shape index (κ1) is 20.7. The Hall–Kier alpha value is -2.57. The topological polar surface area (TPSA) is 69.5 Å². The average Bonchev–Trinajstić information content (AvgIpc) is 3.05. The van der Waals surface area contributed by atoms with E-state index in [0.717, 1.165) is 62.0 Å². The van der Waals surface area contributed by atoms with Crippen LogP contribution in [-0.2, 0) is 17.8 Å². The molecule has 0 radical (unpaired) electrons. The highest BCUT2D eigenvalue weighted by Crippen LogP contribution is 2.28. The lowest BCUT2D eigenvalue weighted by Gasteiger charge is -2.32. The van der Waals surface area contributed by atoms with E-state index in [1.54, 1.807) is 7.11 Å². The molecule has 1 fully saturated rings. The van der Waals surface area contributed by atoms with E-state index >= 15 is 0 Å². The molecule has 162 valence electrons. The smallest absolute Gasteiger partial charge is 0.222 e. The van der Waals surface area contributed by atoms with Gasteiger partial charge in [-0.2, -0.15) is 0 Å². The summed E-state index contributed by atoms with van der Waals surface area (Å²) in [5.41, 5.74) is 0. The number of methoxy groups -OCH3 is 1. The van der Waals surface area contributed by atoms with Crippen LogP contribution in [0.25, 0.3) is 0 Å². The van der Waals surface area contributed by atoms with Crippen molar-refractivity contribution in [1.82, 2.24) is 19.7 Å². The lowest BCUT2D eigenvalue weighted by atomic mass is 9.96. The fourth-order valence-electron chi connectivity index (χ4n) is 4.47. The van der Waals surface area contributed by atoms with Gasteiger partial charge in [0.25, 0.3) is 0 Å². The molecule has 2 aliphatic rings. The molecule has 0 aliphatic carbocycles. The number of hydrogen-bond acceptors (Lipinski definition) is 5. The van der Waals surface area contributed by atoms with Gasteiger partial charge >= 0.3 is 0 Å². The van der Waals surface area contributed by atoms with E-state index < -0.39 is 0 Å². The Bertz CT molecular complexity index is 833. The molecule has 1 unspecified atom stereocenters. The van der Waals surface area contributed by atoms with Crippen LogP contribution in [0, 0.1) is 0 Å². The van der Waals surface area contributed by atoms with E-state index in [2.05, 4.69) is 14.8 Å². The molecule has 4 rings (SSSR count). The molecule has 2 aliphatic heterocycles. The molecule has 0 spiro atoms. The van der Waals surface area contributed by atoms with Crippen LogP contribution in [-0.4, -0.2) is 52.4 Å². The predicted molar refractivity (Wildman–Crippen MR) is 114 cm³/mol. The number of aryl methyl sites for hydroxylation is 1. The van der Waals surface area contributed by atoms with Crippen LogP contribution in [0.15, 0.2) is 24.3 Å². The van der Waals surface area contributed by atoms with Crippen LogP contribution in [0.5, 0.6) is 11.5 Å². The van der Waals surface area contributed by atoms with Crippen molar-refractivity contribution in [1.29, 1.82) is 0 Å². The standard InChI is InChI=1S/C23H32N4O3/c1-29-19-10-12-20(13-11-19)30-16-6-9-22(28)26-14-5-7-18(17-26)23-25-24-21-8-3-2-4-15-27(21)23/h10-13,18H,2-9,14-17H2,1H3. The second kappa shape index (κ2) is 9.96. The summed E-state index contributed by atoms with van der Waals surface area (Å²) in [6.45, 7) is 3.16. The second-order valence-corrected chi connectivity index (χ2v) is 8.24. The van der Waals surface area contributed by atoms with E-state index in [1.807, 2.05) is 29.2 Å². The van der Waals surface area contributed by atoms with Gasteiger partial charge in [0.05, 0.1) is 13.7 Å². The van der Waals surface area contributed by atoms with E-state index in [1.165, 1.54) is 19.3 Å². The van der Waals surface area contributed by atoms with Crippen molar-refractivity contribution >= 4 is 5.91 Å². The lowest BCUT2D eigenvalue weighted by Crippen LogP contribution is -2.39. The van der Waals surface area contributed by atoms with Gasteiger partial charge in [0.2, 0.25) is 5.91 Å². The monoisotopic (exact) mass is 412 g/mol. The molecular weight excluding hydrogens is 380 g/mol. The van der Waals surface area contributed by atoms with Gasteiger partial charge in [0, 0.05) is 38.4 Å². The summed E-state index contributed by atoms with van der Waals surface area (Å²) < 4.78 is 13.2. The van der Waals surface area contributed by atoms with Crippen molar-refractivity contribution in [2.45, 2.75) is 63.8 Å². The molecule has 7 nitrogen and oxygen atoms in total. The third-order valence-electron chi connectivity index (χ3n) is 6.14. The van der Waals surface area contributed by atoms with E-state index in [9.17, 15) is 4.79 Å². The summed E-state index contributed by atoms with van der Waals surface area (Å²) in [6, 6.07) is 7.52. The maximum Gasteiger partial charge on any atom is 0.222 e. The summed E-state index contributed by atoms with van der Waals surface area (Å²) in [6.07, 6.45) is 8.03. The Morgan fingerprint density at radius 2 is 1.90 bits per heavy atom. The van der Waals surface area contributed by atoms with Gasteiger partial charge in [-0.1, -0.05) is 6.42 Å². The minimum atomic E-state index is 0.216. The Morgan fingerprint density at radius 3 is 2.73 bits per heavy atom. The van der Waals surface area contributed by atoms with Gasteiger partial charge in [-0.3, -0.25) is 4.79 Å². The highest BCUT2D eigenvalue weighted by molar-refractivity contribution is 5.76. The van der Waals surface area contributed by atoms with E-state index in [0.29, 0.717) is 25.4 Å². The first-order valence-corrected chi connectivity index (χ1v) is 11.2. The summed E-state index contributed by atoms with van der Waals surface area (Å²) in [5.74, 6) is 4.34.